The zero-order valence-electron chi connectivity index (χ0n) is 9.95. The monoisotopic (exact) mass is 224 g/mol. The van der Waals surface area contributed by atoms with Crippen molar-refractivity contribution >= 4 is 5.91 Å². The first kappa shape index (κ1) is 13.0. The molecule has 0 aliphatic carbocycles. The molecule has 0 radical (unpaired) electrons. The lowest BCUT2D eigenvalue weighted by Gasteiger charge is -2.25. The number of ether oxygens (including phenoxy) is 1. The summed E-state index contributed by atoms with van der Waals surface area (Å²) < 4.78 is 5.54. The Morgan fingerprint density at radius 2 is 2.38 bits per heavy atom. The van der Waals surface area contributed by atoms with E-state index in [0.717, 1.165) is 25.9 Å². The molecular formula is C12H20N2O2. The molecule has 1 saturated heterocycles. The zero-order valence-corrected chi connectivity index (χ0v) is 9.95. The highest BCUT2D eigenvalue weighted by Crippen LogP contribution is 2.16. The number of nitriles is 1. The molecule has 1 atom stereocenters. The van der Waals surface area contributed by atoms with Gasteiger partial charge in [0.2, 0.25) is 5.91 Å². The molecule has 1 unspecified atom stereocenters. The van der Waals surface area contributed by atoms with Crippen LogP contribution in [0.4, 0.5) is 0 Å². The molecule has 1 amide bonds. The van der Waals surface area contributed by atoms with Gasteiger partial charge in [-0.15, -0.1) is 0 Å². The topological polar surface area (TPSA) is 53.3 Å². The van der Waals surface area contributed by atoms with E-state index in [2.05, 4.69) is 6.07 Å². The SMILES string of the molecule is CCN(CCC#N)C(=O)CC1CCCCO1. The highest BCUT2D eigenvalue weighted by molar-refractivity contribution is 5.76. The number of carbonyl (C=O) groups excluding carboxylic acids is 1. The summed E-state index contributed by atoms with van der Waals surface area (Å²) >= 11 is 0. The van der Waals surface area contributed by atoms with E-state index < -0.39 is 0 Å². The maximum atomic E-state index is 11.9. The first-order chi connectivity index (χ1) is 7.77. The Morgan fingerprint density at radius 1 is 1.56 bits per heavy atom. The van der Waals surface area contributed by atoms with Gasteiger partial charge in [0.1, 0.15) is 0 Å². The second-order valence-corrected chi connectivity index (χ2v) is 4.07. The largest absolute Gasteiger partial charge is 0.378 e. The van der Waals surface area contributed by atoms with E-state index in [1.807, 2.05) is 6.92 Å². The van der Waals surface area contributed by atoms with Crippen LogP contribution in [-0.4, -0.2) is 36.6 Å². The predicted molar refractivity (Wildman–Crippen MR) is 60.7 cm³/mol. The average molecular weight is 224 g/mol. The number of rotatable bonds is 5. The van der Waals surface area contributed by atoms with Crippen LogP contribution < -0.4 is 0 Å². The first-order valence-electron chi connectivity index (χ1n) is 6.04. The van der Waals surface area contributed by atoms with Crippen LogP contribution in [0.2, 0.25) is 0 Å². The highest BCUT2D eigenvalue weighted by Gasteiger charge is 2.20. The third kappa shape index (κ3) is 4.19. The number of carbonyl (C=O) groups is 1. The fourth-order valence-corrected chi connectivity index (χ4v) is 1.94. The molecule has 16 heavy (non-hydrogen) atoms. The molecule has 0 spiro atoms. The minimum atomic E-state index is 0.0948. The molecule has 0 aromatic heterocycles. The lowest BCUT2D eigenvalue weighted by Crippen LogP contribution is -2.35. The molecule has 0 aromatic carbocycles. The number of nitrogens with zero attached hydrogens (tertiary/aromatic N) is 2. The van der Waals surface area contributed by atoms with Gasteiger partial charge in [-0.05, 0) is 26.2 Å². The second kappa shape index (κ2) is 7.24. The van der Waals surface area contributed by atoms with Crippen LogP contribution in [0.5, 0.6) is 0 Å². The van der Waals surface area contributed by atoms with Crippen molar-refractivity contribution in [2.24, 2.45) is 0 Å². The Hall–Kier alpha value is -1.08. The Bertz CT molecular complexity index is 254. The van der Waals surface area contributed by atoms with E-state index in [1.54, 1.807) is 4.90 Å². The van der Waals surface area contributed by atoms with Crippen LogP contribution in [0, 0.1) is 11.3 Å². The fraction of sp³-hybridized carbons (Fsp3) is 0.833. The first-order valence-corrected chi connectivity index (χ1v) is 6.04. The predicted octanol–water partition coefficient (Wildman–Crippen LogP) is 1.71. The van der Waals surface area contributed by atoms with Gasteiger partial charge in [-0.2, -0.15) is 5.26 Å². The molecular weight excluding hydrogens is 204 g/mol. The van der Waals surface area contributed by atoms with Crippen LogP contribution in [0.3, 0.4) is 0 Å². The van der Waals surface area contributed by atoms with Crippen LogP contribution >= 0.6 is 0 Å². The lowest BCUT2D eigenvalue weighted by molar-refractivity contribution is -0.134. The van der Waals surface area contributed by atoms with Gasteiger partial charge >= 0.3 is 0 Å². The van der Waals surface area contributed by atoms with Gasteiger partial charge in [0.25, 0.3) is 0 Å². The maximum Gasteiger partial charge on any atom is 0.225 e. The molecule has 1 aliphatic rings. The number of hydrogen-bond acceptors (Lipinski definition) is 3. The summed E-state index contributed by atoms with van der Waals surface area (Å²) in [6.07, 6.45) is 4.22. The normalized spacial score (nSPS) is 20.1. The van der Waals surface area contributed by atoms with Gasteiger partial charge in [0.15, 0.2) is 0 Å². The van der Waals surface area contributed by atoms with Gasteiger partial charge in [0.05, 0.1) is 25.0 Å². The minimum absolute atomic E-state index is 0.0948. The van der Waals surface area contributed by atoms with Crippen molar-refractivity contribution < 1.29 is 9.53 Å². The molecule has 1 aliphatic heterocycles. The number of amides is 1. The highest BCUT2D eigenvalue weighted by atomic mass is 16.5. The van der Waals surface area contributed by atoms with Gasteiger partial charge < -0.3 is 9.64 Å². The van der Waals surface area contributed by atoms with Crippen LogP contribution in [0.1, 0.15) is 39.0 Å². The Kier molecular flexibility index (Phi) is 5.87. The van der Waals surface area contributed by atoms with Crippen LogP contribution in [0.25, 0.3) is 0 Å². The molecule has 4 heteroatoms. The zero-order chi connectivity index (χ0) is 11.8. The maximum absolute atomic E-state index is 11.9. The van der Waals surface area contributed by atoms with Crippen molar-refractivity contribution in [1.29, 1.82) is 5.26 Å². The fourth-order valence-electron chi connectivity index (χ4n) is 1.94. The smallest absolute Gasteiger partial charge is 0.225 e. The van der Waals surface area contributed by atoms with Gasteiger partial charge in [-0.25, -0.2) is 0 Å². The van der Waals surface area contributed by atoms with Crippen molar-refractivity contribution in [2.45, 2.75) is 45.1 Å². The van der Waals surface area contributed by atoms with E-state index in [-0.39, 0.29) is 12.0 Å². The van der Waals surface area contributed by atoms with Crippen LogP contribution in [0.15, 0.2) is 0 Å². The molecule has 0 N–H and O–H groups in total. The molecule has 0 aromatic rings. The summed E-state index contributed by atoms with van der Waals surface area (Å²) in [6, 6.07) is 2.07. The second-order valence-electron chi connectivity index (χ2n) is 4.07. The van der Waals surface area contributed by atoms with E-state index in [9.17, 15) is 4.79 Å². The molecule has 1 fully saturated rings. The Labute approximate surface area is 97.2 Å². The summed E-state index contributed by atoms with van der Waals surface area (Å²) in [4.78, 5) is 13.6. The van der Waals surface area contributed by atoms with E-state index in [0.29, 0.717) is 25.9 Å². The summed E-state index contributed by atoms with van der Waals surface area (Å²) in [5.74, 6) is 0.115. The van der Waals surface area contributed by atoms with E-state index in [4.69, 9.17) is 10.00 Å². The quantitative estimate of drug-likeness (QED) is 0.714. The molecule has 0 bridgehead atoms. The summed E-state index contributed by atoms with van der Waals surface area (Å²) in [6.45, 7) is 3.94. The van der Waals surface area contributed by atoms with Gasteiger partial charge in [-0.3, -0.25) is 4.79 Å². The lowest BCUT2D eigenvalue weighted by atomic mass is 10.1. The summed E-state index contributed by atoms with van der Waals surface area (Å²) in [7, 11) is 0. The Morgan fingerprint density at radius 3 is 2.94 bits per heavy atom. The minimum Gasteiger partial charge on any atom is -0.378 e. The van der Waals surface area contributed by atoms with Gasteiger partial charge in [0, 0.05) is 19.7 Å². The van der Waals surface area contributed by atoms with Crippen molar-refractivity contribution in [3.63, 3.8) is 0 Å². The van der Waals surface area contributed by atoms with Gasteiger partial charge in [-0.1, -0.05) is 0 Å². The standard InChI is InChI=1S/C12H20N2O2/c1-2-14(8-5-7-13)12(15)10-11-6-3-4-9-16-11/h11H,2-6,8-10H2,1H3. The number of hydrogen-bond donors (Lipinski definition) is 0. The van der Waals surface area contributed by atoms with Crippen molar-refractivity contribution in [1.82, 2.24) is 4.90 Å². The average Bonchev–Trinajstić information content (AvgIpc) is 2.31. The summed E-state index contributed by atoms with van der Waals surface area (Å²) in [5, 5.41) is 8.50. The van der Waals surface area contributed by atoms with Crippen molar-refractivity contribution in [3.05, 3.63) is 0 Å². The molecule has 1 heterocycles. The summed E-state index contributed by atoms with van der Waals surface area (Å²) in [5.41, 5.74) is 0. The molecule has 0 saturated carbocycles. The third-order valence-electron chi connectivity index (χ3n) is 2.90. The van der Waals surface area contributed by atoms with E-state index in [1.165, 1.54) is 0 Å². The molecule has 1 rings (SSSR count). The molecule has 90 valence electrons. The van der Waals surface area contributed by atoms with Crippen molar-refractivity contribution in [2.75, 3.05) is 19.7 Å². The van der Waals surface area contributed by atoms with E-state index >= 15 is 0 Å². The van der Waals surface area contributed by atoms with Crippen molar-refractivity contribution in [3.8, 4) is 6.07 Å². The third-order valence-corrected chi connectivity index (χ3v) is 2.90. The van der Waals surface area contributed by atoms with Crippen LogP contribution in [-0.2, 0) is 9.53 Å². The molecule has 4 nitrogen and oxygen atoms in total. The Balaban J connectivity index is 2.33.